The molecule has 1 aromatic heterocycles. The standard InChI is InChI=1S/C12H21N3O2/c1-10-11(9-14-15-10)5-3-7-13-12(16)6-4-8-17-2/h9H,3-8H2,1-2H3,(H,13,16)(H,14,15). The van der Waals surface area contributed by atoms with Crippen molar-refractivity contribution in [2.75, 3.05) is 20.3 Å². The zero-order chi connectivity index (χ0) is 12.5. The molecule has 0 aliphatic rings. The van der Waals surface area contributed by atoms with Gasteiger partial charge in [-0.15, -0.1) is 0 Å². The molecule has 1 rings (SSSR count). The van der Waals surface area contributed by atoms with E-state index in [0.717, 1.165) is 31.5 Å². The highest BCUT2D eigenvalue weighted by molar-refractivity contribution is 5.75. The van der Waals surface area contributed by atoms with E-state index in [0.29, 0.717) is 13.0 Å². The Kier molecular flexibility index (Phi) is 6.32. The van der Waals surface area contributed by atoms with Crippen molar-refractivity contribution in [3.63, 3.8) is 0 Å². The summed E-state index contributed by atoms with van der Waals surface area (Å²) in [5.74, 6) is 0.103. The van der Waals surface area contributed by atoms with Crippen LogP contribution >= 0.6 is 0 Å². The van der Waals surface area contributed by atoms with Gasteiger partial charge in [-0.1, -0.05) is 0 Å². The summed E-state index contributed by atoms with van der Waals surface area (Å²) in [4.78, 5) is 11.4. The molecule has 0 bridgehead atoms. The fourth-order valence-electron chi connectivity index (χ4n) is 1.60. The highest BCUT2D eigenvalue weighted by Gasteiger charge is 2.02. The lowest BCUT2D eigenvalue weighted by atomic mass is 10.1. The van der Waals surface area contributed by atoms with Crippen LogP contribution in [0.2, 0.25) is 0 Å². The second kappa shape index (κ2) is 7.84. The molecule has 5 heteroatoms. The van der Waals surface area contributed by atoms with Gasteiger partial charge in [-0.25, -0.2) is 0 Å². The molecular formula is C12H21N3O2. The van der Waals surface area contributed by atoms with Crippen molar-refractivity contribution in [3.8, 4) is 0 Å². The van der Waals surface area contributed by atoms with E-state index in [9.17, 15) is 4.79 Å². The van der Waals surface area contributed by atoms with Crippen molar-refractivity contribution in [3.05, 3.63) is 17.5 Å². The molecule has 1 heterocycles. The van der Waals surface area contributed by atoms with E-state index in [-0.39, 0.29) is 5.91 Å². The monoisotopic (exact) mass is 239 g/mol. The molecule has 0 atom stereocenters. The minimum Gasteiger partial charge on any atom is -0.385 e. The van der Waals surface area contributed by atoms with E-state index in [1.165, 1.54) is 5.56 Å². The number of nitrogens with one attached hydrogen (secondary N) is 2. The van der Waals surface area contributed by atoms with Crippen LogP contribution in [0.3, 0.4) is 0 Å². The molecule has 0 saturated carbocycles. The fourth-order valence-corrected chi connectivity index (χ4v) is 1.60. The maximum Gasteiger partial charge on any atom is 0.220 e. The fraction of sp³-hybridized carbons (Fsp3) is 0.667. The summed E-state index contributed by atoms with van der Waals surface area (Å²) in [5.41, 5.74) is 2.33. The molecule has 1 amide bonds. The number of hydrogen-bond acceptors (Lipinski definition) is 3. The number of carbonyl (C=O) groups is 1. The van der Waals surface area contributed by atoms with Crippen molar-refractivity contribution in [2.45, 2.75) is 32.6 Å². The predicted molar refractivity (Wildman–Crippen MR) is 65.8 cm³/mol. The zero-order valence-corrected chi connectivity index (χ0v) is 10.6. The largest absolute Gasteiger partial charge is 0.385 e. The number of aryl methyl sites for hydroxylation is 2. The third-order valence-corrected chi connectivity index (χ3v) is 2.63. The molecular weight excluding hydrogens is 218 g/mol. The topological polar surface area (TPSA) is 67.0 Å². The summed E-state index contributed by atoms with van der Waals surface area (Å²) in [6, 6.07) is 0. The number of methoxy groups -OCH3 is 1. The molecule has 1 aromatic rings. The van der Waals surface area contributed by atoms with E-state index in [1.54, 1.807) is 7.11 Å². The molecule has 0 aromatic carbocycles. The number of hydrogen-bond donors (Lipinski definition) is 2. The van der Waals surface area contributed by atoms with Crippen LogP contribution in [0.1, 0.15) is 30.5 Å². The Hall–Kier alpha value is -1.36. The quantitative estimate of drug-likeness (QED) is 0.670. The third-order valence-electron chi connectivity index (χ3n) is 2.63. The maximum atomic E-state index is 11.4. The second-order valence-corrected chi connectivity index (χ2v) is 4.07. The van der Waals surface area contributed by atoms with Gasteiger partial charge in [0.05, 0.1) is 6.20 Å². The predicted octanol–water partition coefficient (Wildman–Crippen LogP) is 1.19. The van der Waals surface area contributed by atoms with Crippen molar-refractivity contribution in [1.82, 2.24) is 15.5 Å². The number of aromatic amines is 1. The molecule has 0 spiro atoms. The van der Waals surface area contributed by atoms with Gasteiger partial charge in [0, 0.05) is 32.4 Å². The Bertz CT molecular complexity index is 336. The first-order valence-corrected chi connectivity index (χ1v) is 5.98. The van der Waals surface area contributed by atoms with Crippen molar-refractivity contribution >= 4 is 5.91 Å². The molecule has 0 unspecified atom stereocenters. The van der Waals surface area contributed by atoms with Gasteiger partial charge in [0.25, 0.3) is 0 Å². The highest BCUT2D eigenvalue weighted by Crippen LogP contribution is 2.04. The van der Waals surface area contributed by atoms with Crippen LogP contribution < -0.4 is 5.32 Å². The lowest BCUT2D eigenvalue weighted by Crippen LogP contribution is -2.24. The number of carbonyl (C=O) groups excluding carboxylic acids is 1. The summed E-state index contributed by atoms with van der Waals surface area (Å²) >= 11 is 0. The number of nitrogens with zero attached hydrogens (tertiary/aromatic N) is 1. The van der Waals surface area contributed by atoms with Gasteiger partial charge in [-0.05, 0) is 31.7 Å². The van der Waals surface area contributed by atoms with Gasteiger partial charge in [0.2, 0.25) is 5.91 Å². The molecule has 0 radical (unpaired) electrons. The summed E-state index contributed by atoms with van der Waals surface area (Å²) < 4.78 is 4.89. The van der Waals surface area contributed by atoms with Crippen molar-refractivity contribution < 1.29 is 9.53 Å². The molecule has 0 aliphatic carbocycles. The first-order chi connectivity index (χ1) is 8.24. The first-order valence-electron chi connectivity index (χ1n) is 5.98. The van der Waals surface area contributed by atoms with Crippen molar-refractivity contribution in [2.24, 2.45) is 0 Å². The number of ether oxygens (including phenoxy) is 1. The van der Waals surface area contributed by atoms with Gasteiger partial charge < -0.3 is 10.1 Å². The number of H-pyrrole nitrogens is 1. The average Bonchev–Trinajstić information content (AvgIpc) is 2.71. The summed E-state index contributed by atoms with van der Waals surface area (Å²) in [7, 11) is 1.64. The minimum absolute atomic E-state index is 0.103. The van der Waals surface area contributed by atoms with Crippen LogP contribution in [0.25, 0.3) is 0 Å². The van der Waals surface area contributed by atoms with E-state index < -0.39 is 0 Å². The molecule has 2 N–H and O–H groups in total. The van der Waals surface area contributed by atoms with Crippen LogP contribution in [-0.2, 0) is 16.0 Å². The summed E-state index contributed by atoms with van der Waals surface area (Å²) in [5, 5.41) is 9.76. The second-order valence-electron chi connectivity index (χ2n) is 4.07. The average molecular weight is 239 g/mol. The number of amides is 1. The van der Waals surface area contributed by atoms with Gasteiger partial charge in [0.15, 0.2) is 0 Å². The maximum absolute atomic E-state index is 11.4. The zero-order valence-electron chi connectivity index (χ0n) is 10.6. The van der Waals surface area contributed by atoms with Gasteiger partial charge in [-0.2, -0.15) is 5.10 Å². The van der Waals surface area contributed by atoms with Crippen LogP contribution in [0.5, 0.6) is 0 Å². The molecule has 17 heavy (non-hydrogen) atoms. The van der Waals surface area contributed by atoms with E-state index >= 15 is 0 Å². The van der Waals surface area contributed by atoms with E-state index in [2.05, 4.69) is 15.5 Å². The number of rotatable bonds is 8. The Morgan fingerprint density at radius 1 is 1.53 bits per heavy atom. The third kappa shape index (κ3) is 5.49. The van der Waals surface area contributed by atoms with Gasteiger partial charge >= 0.3 is 0 Å². The smallest absolute Gasteiger partial charge is 0.220 e. The van der Waals surface area contributed by atoms with E-state index in [4.69, 9.17) is 4.74 Å². The van der Waals surface area contributed by atoms with Crippen LogP contribution in [0, 0.1) is 6.92 Å². The first kappa shape index (κ1) is 13.7. The van der Waals surface area contributed by atoms with Crippen LogP contribution in [0.15, 0.2) is 6.20 Å². The molecule has 96 valence electrons. The molecule has 0 aliphatic heterocycles. The van der Waals surface area contributed by atoms with Gasteiger partial charge in [-0.3, -0.25) is 9.89 Å². The Morgan fingerprint density at radius 2 is 2.35 bits per heavy atom. The normalized spacial score (nSPS) is 10.5. The molecule has 0 fully saturated rings. The Balaban J connectivity index is 2.04. The highest BCUT2D eigenvalue weighted by atomic mass is 16.5. The SMILES string of the molecule is COCCCC(=O)NCCCc1cn[nH]c1C. The Morgan fingerprint density at radius 3 is 3.00 bits per heavy atom. The van der Waals surface area contributed by atoms with Gasteiger partial charge in [0.1, 0.15) is 0 Å². The Labute approximate surface area is 102 Å². The molecule has 5 nitrogen and oxygen atoms in total. The van der Waals surface area contributed by atoms with Crippen LogP contribution in [0.4, 0.5) is 0 Å². The summed E-state index contributed by atoms with van der Waals surface area (Å²) in [6.45, 7) is 3.36. The summed E-state index contributed by atoms with van der Waals surface area (Å²) in [6.07, 6.45) is 5.05. The minimum atomic E-state index is 0.103. The lowest BCUT2D eigenvalue weighted by molar-refractivity contribution is -0.121. The number of aromatic nitrogens is 2. The lowest BCUT2D eigenvalue weighted by Gasteiger charge is -2.04. The van der Waals surface area contributed by atoms with Crippen molar-refractivity contribution in [1.29, 1.82) is 0 Å². The molecule has 0 saturated heterocycles. The van der Waals surface area contributed by atoms with Crippen LogP contribution in [-0.4, -0.2) is 36.4 Å². The van der Waals surface area contributed by atoms with E-state index in [1.807, 2.05) is 13.1 Å².